The summed E-state index contributed by atoms with van der Waals surface area (Å²) in [5.74, 6) is 0.285. The highest BCUT2D eigenvalue weighted by molar-refractivity contribution is 5.77. The van der Waals surface area contributed by atoms with Crippen LogP contribution in [0.1, 0.15) is 30.0 Å². The summed E-state index contributed by atoms with van der Waals surface area (Å²) in [5.41, 5.74) is 2.55. The van der Waals surface area contributed by atoms with Gasteiger partial charge in [-0.25, -0.2) is 0 Å². The van der Waals surface area contributed by atoms with Gasteiger partial charge >= 0.3 is 0 Å². The highest BCUT2D eigenvalue weighted by atomic mass is 16.2. The summed E-state index contributed by atoms with van der Waals surface area (Å²) in [6, 6.07) is 21.0. The Bertz CT molecular complexity index is 641. The van der Waals surface area contributed by atoms with Crippen LogP contribution in [0.25, 0.3) is 0 Å². The van der Waals surface area contributed by atoms with Crippen molar-refractivity contribution < 1.29 is 4.79 Å². The molecule has 0 N–H and O–H groups in total. The van der Waals surface area contributed by atoms with Gasteiger partial charge in [0.1, 0.15) is 0 Å². The number of benzene rings is 2. The number of nitrogens with zero attached hydrogens (tertiary/aromatic N) is 2. The maximum Gasteiger partial charge on any atom is 0.223 e. The summed E-state index contributed by atoms with van der Waals surface area (Å²) >= 11 is 0. The van der Waals surface area contributed by atoms with Gasteiger partial charge in [-0.1, -0.05) is 60.7 Å². The molecule has 1 atom stereocenters. The van der Waals surface area contributed by atoms with Gasteiger partial charge in [-0.2, -0.15) is 0 Å². The van der Waals surface area contributed by atoms with Gasteiger partial charge in [0.25, 0.3) is 0 Å². The van der Waals surface area contributed by atoms with Crippen LogP contribution >= 0.6 is 0 Å². The minimum atomic E-state index is 0.175. The first-order chi connectivity index (χ1) is 11.7. The number of carbonyl (C=O) groups excluding carboxylic acids is 1. The molecule has 0 radical (unpaired) electrons. The van der Waals surface area contributed by atoms with Crippen LogP contribution in [0.4, 0.5) is 0 Å². The molecule has 1 amide bonds. The molecule has 1 heterocycles. The van der Waals surface area contributed by atoms with Crippen molar-refractivity contribution in [3.05, 3.63) is 71.8 Å². The smallest absolute Gasteiger partial charge is 0.223 e. The summed E-state index contributed by atoms with van der Waals surface area (Å²) in [7, 11) is 2.13. The summed E-state index contributed by atoms with van der Waals surface area (Å²) in [5, 5.41) is 0. The third-order valence-electron chi connectivity index (χ3n) is 4.79. The maximum atomic E-state index is 12.8. The summed E-state index contributed by atoms with van der Waals surface area (Å²) in [6.07, 6.45) is 2.51. The first kappa shape index (κ1) is 16.7. The van der Waals surface area contributed by atoms with Gasteiger partial charge in [0.2, 0.25) is 5.91 Å². The Labute approximate surface area is 144 Å². The topological polar surface area (TPSA) is 23.6 Å². The van der Waals surface area contributed by atoms with Gasteiger partial charge in [0.05, 0.1) is 6.04 Å². The molecule has 0 saturated carbocycles. The van der Waals surface area contributed by atoms with E-state index in [4.69, 9.17) is 0 Å². The monoisotopic (exact) mass is 322 g/mol. The van der Waals surface area contributed by atoms with Crippen molar-refractivity contribution in [1.82, 2.24) is 9.80 Å². The van der Waals surface area contributed by atoms with Gasteiger partial charge in [-0.15, -0.1) is 0 Å². The van der Waals surface area contributed by atoms with Crippen molar-refractivity contribution in [2.75, 3.05) is 26.7 Å². The van der Waals surface area contributed by atoms with E-state index in [0.717, 1.165) is 32.5 Å². The number of piperazine rings is 1. The molecule has 1 aliphatic heterocycles. The Kier molecular flexibility index (Phi) is 5.65. The quantitative estimate of drug-likeness (QED) is 0.841. The fourth-order valence-corrected chi connectivity index (χ4v) is 3.41. The van der Waals surface area contributed by atoms with Crippen LogP contribution < -0.4 is 0 Å². The molecule has 0 unspecified atom stereocenters. The van der Waals surface area contributed by atoms with E-state index >= 15 is 0 Å². The number of amides is 1. The fourth-order valence-electron chi connectivity index (χ4n) is 3.41. The molecule has 1 fully saturated rings. The Morgan fingerprint density at radius 1 is 1.00 bits per heavy atom. The molecule has 1 aliphatic rings. The van der Waals surface area contributed by atoms with Crippen LogP contribution in [-0.2, 0) is 11.2 Å². The molecule has 2 aromatic carbocycles. The first-order valence-corrected chi connectivity index (χ1v) is 8.81. The summed E-state index contributed by atoms with van der Waals surface area (Å²) < 4.78 is 0. The molecule has 3 rings (SSSR count). The molecule has 1 saturated heterocycles. The third kappa shape index (κ3) is 4.24. The van der Waals surface area contributed by atoms with Crippen LogP contribution in [0, 0.1) is 0 Å². The number of carbonyl (C=O) groups is 1. The number of likely N-dealkylation sites (N-methyl/N-ethyl adjacent to an activating group) is 1. The van der Waals surface area contributed by atoms with Crippen LogP contribution in [0.5, 0.6) is 0 Å². The normalized spacial score (nSPS) is 18.5. The zero-order valence-electron chi connectivity index (χ0n) is 14.4. The Balaban J connectivity index is 1.61. The lowest BCUT2D eigenvalue weighted by Gasteiger charge is -2.40. The van der Waals surface area contributed by atoms with Gasteiger partial charge in [-0.05, 0) is 31.0 Å². The second kappa shape index (κ2) is 8.11. The minimum Gasteiger partial charge on any atom is -0.333 e. The van der Waals surface area contributed by atoms with Crippen LogP contribution in [0.3, 0.4) is 0 Å². The van der Waals surface area contributed by atoms with Crippen molar-refractivity contribution in [2.24, 2.45) is 0 Å². The van der Waals surface area contributed by atoms with Crippen LogP contribution in [0.15, 0.2) is 60.7 Å². The standard InChI is InChI=1S/C21H26N2O/c1-22-15-16-23(20(17-22)19-12-6-3-7-13-19)21(24)14-8-11-18-9-4-2-5-10-18/h2-7,9-10,12-13,20H,8,11,14-17H2,1H3/t20-/m0/s1. The lowest BCUT2D eigenvalue weighted by atomic mass is 10.0. The number of hydrogen-bond donors (Lipinski definition) is 0. The van der Waals surface area contributed by atoms with Crippen LogP contribution in [0.2, 0.25) is 0 Å². The third-order valence-corrected chi connectivity index (χ3v) is 4.79. The fraction of sp³-hybridized carbons (Fsp3) is 0.381. The Hall–Kier alpha value is -2.13. The molecular formula is C21H26N2O. The number of hydrogen-bond acceptors (Lipinski definition) is 2. The zero-order valence-corrected chi connectivity index (χ0v) is 14.4. The average Bonchev–Trinajstić information content (AvgIpc) is 2.63. The van der Waals surface area contributed by atoms with Gasteiger partial charge in [0, 0.05) is 26.1 Å². The maximum absolute atomic E-state index is 12.8. The van der Waals surface area contributed by atoms with Crippen LogP contribution in [-0.4, -0.2) is 42.4 Å². The summed E-state index contributed by atoms with van der Waals surface area (Å²) in [6.45, 7) is 2.68. The van der Waals surface area contributed by atoms with Crippen molar-refractivity contribution >= 4 is 5.91 Å². The number of rotatable bonds is 5. The SMILES string of the molecule is CN1CCN(C(=O)CCCc2ccccc2)[C@H](c2ccccc2)C1. The van der Waals surface area contributed by atoms with Crippen molar-refractivity contribution in [2.45, 2.75) is 25.3 Å². The van der Waals surface area contributed by atoms with E-state index in [-0.39, 0.29) is 11.9 Å². The van der Waals surface area contributed by atoms with E-state index in [1.807, 2.05) is 12.1 Å². The molecule has 3 nitrogen and oxygen atoms in total. The number of aryl methyl sites for hydroxylation is 1. The van der Waals surface area contributed by atoms with E-state index < -0.39 is 0 Å². The van der Waals surface area contributed by atoms with Gasteiger partial charge in [-0.3, -0.25) is 4.79 Å². The van der Waals surface area contributed by atoms with Crippen molar-refractivity contribution in [3.8, 4) is 0 Å². The second-order valence-corrected chi connectivity index (χ2v) is 6.62. The van der Waals surface area contributed by atoms with Gasteiger partial charge < -0.3 is 9.80 Å². The predicted octanol–water partition coefficient (Wildman–Crippen LogP) is 3.52. The van der Waals surface area contributed by atoms with Gasteiger partial charge in [0.15, 0.2) is 0 Å². The highest BCUT2D eigenvalue weighted by Gasteiger charge is 2.29. The molecule has 0 aromatic heterocycles. The Morgan fingerprint density at radius 2 is 1.67 bits per heavy atom. The van der Waals surface area contributed by atoms with E-state index in [9.17, 15) is 4.79 Å². The lowest BCUT2D eigenvalue weighted by Crippen LogP contribution is -2.49. The average molecular weight is 322 g/mol. The molecule has 2 aromatic rings. The first-order valence-electron chi connectivity index (χ1n) is 8.81. The van der Waals surface area contributed by atoms with E-state index in [1.54, 1.807) is 0 Å². The second-order valence-electron chi connectivity index (χ2n) is 6.62. The van der Waals surface area contributed by atoms with Crippen molar-refractivity contribution in [3.63, 3.8) is 0 Å². The largest absolute Gasteiger partial charge is 0.333 e. The molecule has 126 valence electrons. The molecular weight excluding hydrogens is 296 g/mol. The molecule has 24 heavy (non-hydrogen) atoms. The summed E-state index contributed by atoms with van der Waals surface area (Å²) in [4.78, 5) is 17.2. The molecule has 0 bridgehead atoms. The minimum absolute atomic E-state index is 0.175. The molecule has 3 heteroatoms. The Morgan fingerprint density at radius 3 is 2.38 bits per heavy atom. The van der Waals surface area contributed by atoms with E-state index in [2.05, 4.69) is 65.4 Å². The zero-order chi connectivity index (χ0) is 16.8. The predicted molar refractivity (Wildman–Crippen MR) is 97.8 cm³/mol. The lowest BCUT2D eigenvalue weighted by molar-refractivity contribution is -0.136. The molecule has 0 spiro atoms. The van der Waals surface area contributed by atoms with Crippen molar-refractivity contribution in [1.29, 1.82) is 0 Å². The van der Waals surface area contributed by atoms with E-state index in [0.29, 0.717) is 6.42 Å². The highest BCUT2D eigenvalue weighted by Crippen LogP contribution is 2.25. The van der Waals surface area contributed by atoms with E-state index in [1.165, 1.54) is 11.1 Å². The molecule has 0 aliphatic carbocycles.